The van der Waals surface area contributed by atoms with E-state index in [0.29, 0.717) is 30.0 Å². The van der Waals surface area contributed by atoms with Crippen molar-refractivity contribution in [3.8, 4) is 0 Å². The SMILES string of the molecule is C[C@H]1CNCCN1S(=O)(=O)c1cccc2cncc(Cl)c12. The number of nitrogens with zero attached hydrogens (tertiary/aromatic N) is 2. The van der Waals surface area contributed by atoms with Gasteiger partial charge in [0.05, 0.1) is 9.92 Å². The van der Waals surface area contributed by atoms with Crippen molar-refractivity contribution in [1.29, 1.82) is 0 Å². The summed E-state index contributed by atoms with van der Waals surface area (Å²) in [6, 6.07) is 5.06. The molecule has 1 saturated heterocycles. The second kappa shape index (κ2) is 5.53. The lowest BCUT2D eigenvalue weighted by Crippen LogP contribution is -2.52. The quantitative estimate of drug-likeness (QED) is 0.915. The van der Waals surface area contributed by atoms with Crippen molar-refractivity contribution in [2.45, 2.75) is 17.9 Å². The van der Waals surface area contributed by atoms with Gasteiger partial charge in [0.1, 0.15) is 0 Å². The van der Waals surface area contributed by atoms with Crippen molar-refractivity contribution in [1.82, 2.24) is 14.6 Å². The van der Waals surface area contributed by atoms with Gasteiger partial charge < -0.3 is 5.32 Å². The van der Waals surface area contributed by atoms with Crippen LogP contribution < -0.4 is 5.32 Å². The summed E-state index contributed by atoms with van der Waals surface area (Å²) < 4.78 is 27.5. The van der Waals surface area contributed by atoms with E-state index in [1.54, 1.807) is 18.3 Å². The largest absolute Gasteiger partial charge is 0.314 e. The highest BCUT2D eigenvalue weighted by Crippen LogP contribution is 2.31. The molecule has 0 unspecified atom stereocenters. The van der Waals surface area contributed by atoms with Gasteiger partial charge in [-0.05, 0) is 13.0 Å². The minimum absolute atomic E-state index is 0.0837. The predicted octanol–water partition coefficient (Wildman–Crippen LogP) is 1.87. The van der Waals surface area contributed by atoms with Crippen molar-refractivity contribution in [3.05, 3.63) is 35.6 Å². The average molecular weight is 326 g/mol. The van der Waals surface area contributed by atoms with E-state index < -0.39 is 10.0 Å². The van der Waals surface area contributed by atoms with Crippen molar-refractivity contribution < 1.29 is 8.42 Å². The molecule has 0 amide bonds. The van der Waals surface area contributed by atoms with Gasteiger partial charge in [-0.2, -0.15) is 4.31 Å². The van der Waals surface area contributed by atoms with Crippen molar-refractivity contribution in [2.24, 2.45) is 0 Å². The maximum atomic E-state index is 13.0. The van der Waals surface area contributed by atoms with Crippen LogP contribution in [0.5, 0.6) is 0 Å². The fraction of sp³-hybridized carbons (Fsp3) is 0.357. The lowest BCUT2D eigenvalue weighted by atomic mass is 10.2. The Morgan fingerprint density at radius 3 is 2.95 bits per heavy atom. The molecule has 112 valence electrons. The minimum atomic E-state index is -3.58. The van der Waals surface area contributed by atoms with Crippen LogP contribution >= 0.6 is 11.6 Å². The zero-order valence-electron chi connectivity index (χ0n) is 11.6. The maximum absolute atomic E-state index is 13.0. The first-order chi connectivity index (χ1) is 10.0. The number of halogens is 1. The number of rotatable bonds is 2. The third-order valence-corrected chi connectivity index (χ3v) is 6.07. The van der Waals surface area contributed by atoms with Gasteiger partial charge >= 0.3 is 0 Å². The Bertz CT molecular complexity index is 774. The second-order valence-electron chi connectivity index (χ2n) is 5.14. The number of nitrogens with one attached hydrogen (secondary N) is 1. The number of hydrogen-bond acceptors (Lipinski definition) is 4. The third kappa shape index (κ3) is 2.53. The van der Waals surface area contributed by atoms with Crippen LogP contribution in [0.25, 0.3) is 10.8 Å². The molecule has 21 heavy (non-hydrogen) atoms. The van der Waals surface area contributed by atoms with Crippen LogP contribution in [0.3, 0.4) is 0 Å². The van der Waals surface area contributed by atoms with Gasteiger partial charge in [-0.15, -0.1) is 0 Å². The Labute approximate surface area is 129 Å². The first-order valence-corrected chi connectivity index (χ1v) is 8.58. The smallest absolute Gasteiger partial charge is 0.244 e. The molecule has 2 aromatic rings. The molecular formula is C14H16ClN3O2S. The summed E-state index contributed by atoms with van der Waals surface area (Å²) in [5.41, 5.74) is 0. The van der Waals surface area contributed by atoms with Crippen LogP contribution in [-0.2, 0) is 10.0 Å². The highest BCUT2D eigenvalue weighted by atomic mass is 35.5. The molecule has 1 atom stereocenters. The molecule has 1 aromatic heterocycles. The molecule has 7 heteroatoms. The van der Waals surface area contributed by atoms with Crippen LogP contribution in [0, 0.1) is 0 Å². The van der Waals surface area contributed by atoms with Gasteiger partial charge in [0.15, 0.2) is 0 Å². The molecule has 0 radical (unpaired) electrons. The summed E-state index contributed by atoms with van der Waals surface area (Å²) in [4.78, 5) is 4.26. The molecule has 0 spiro atoms. The second-order valence-corrected chi connectivity index (χ2v) is 7.41. The normalized spacial score (nSPS) is 20.8. The van der Waals surface area contributed by atoms with Crippen LogP contribution in [0.2, 0.25) is 5.02 Å². The molecule has 1 fully saturated rings. The summed E-state index contributed by atoms with van der Waals surface area (Å²) in [7, 11) is -3.58. The summed E-state index contributed by atoms with van der Waals surface area (Å²) in [6.07, 6.45) is 3.10. The number of fused-ring (bicyclic) bond motifs is 1. The number of pyridine rings is 1. The maximum Gasteiger partial charge on any atom is 0.244 e. The van der Waals surface area contributed by atoms with Gasteiger partial charge in [-0.1, -0.05) is 23.7 Å². The Balaban J connectivity index is 2.19. The monoisotopic (exact) mass is 325 g/mol. The van der Waals surface area contributed by atoms with E-state index >= 15 is 0 Å². The topological polar surface area (TPSA) is 62.3 Å². The number of sulfonamides is 1. The van der Waals surface area contributed by atoms with Gasteiger partial charge in [0, 0.05) is 48.8 Å². The summed E-state index contributed by atoms with van der Waals surface area (Å²) in [6.45, 7) is 3.67. The van der Waals surface area contributed by atoms with Crippen LogP contribution in [-0.4, -0.2) is 43.4 Å². The van der Waals surface area contributed by atoms with Crippen LogP contribution in [0.15, 0.2) is 35.5 Å². The Morgan fingerprint density at radius 2 is 2.19 bits per heavy atom. The van der Waals surface area contributed by atoms with Crippen LogP contribution in [0.4, 0.5) is 0 Å². The Hall–Kier alpha value is -1.21. The lowest BCUT2D eigenvalue weighted by molar-refractivity contribution is 0.284. The molecule has 0 bridgehead atoms. The summed E-state index contributed by atoms with van der Waals surface area (Å²) in [5, 5.41) is 4.82. The Kier molecular flexibility index (Phi) is 3.88. The van der Waals surface area contributed by atoms with Crippen molar-refractivity contribution in [2.75, 3.05) is 19.6 Å². The fourth-order valence-electron chi connectivity index (χ4n) is 2.68. The molecule has 1 aliphatic rings. The molecule has 1 aromatic carbocycles. The van der Waals surface area contributed by atoms with E-state index in [4.69, 9.17) is 11.6 Å². The summed E-state index contributed by atoms with van der Waals surface area (Å²) >= 11 is 6.19. The number of aromatic nitrogens is 1. The average Bonchev–Trinajstić information content (AvgIpc) is 2.47. The molecule has 5 nitrogen and oxygen atoms in total. The molecule has 0 aliphatic carbocycles. The highest BCUT2D eigenvalue weighted by Gasteiger charge is 2.32. The third-order valence-electron chi connectivity index (χ3n) is 3.73. The van der Waals surface area contributed by atoms with E-state index in [1.165, 1.54) is 10.5 Å². The minimum Gasteiger partial charge on any atom is -0.314 e. The Morgan fingerprint density at radius 1 is 1.38 bits per heavy atom. The van der Waals surface area contributed by atoms with Crippen molar-refractivity contribution >= 4 is 32.4 Å². The predicted molar refractivity (Wildman–Crippen MR) is 83.0 cm³/mol. The standard InChI is InChI=1S/C14H16ClN3O2S/c1-10-7-16-5-6-18(10)21(19,20)13-4-2-3-11-8-17-9-12(15)14(11)13/h2-4,8-10,16H,5-7H2,1H3/t10-/m0/s1. The van der Waals surface area contributed by atoms with Crippen LogP contribution in [0.1, 0.15) is 6.92 Å². The van der Waals surface area contributed by atoms with E-state index in [2.05, 4.69) is 10.3 Å². The first-order valence-electron chi connectivity index (χ1n) is 6.76. The number of hydrogen-bond donors (Lipinski definition) is 1. The lowest BCUT2D eigenvalue weighted by Gasteiger charge is -2.33. The van der Waals surface area contributed by atoms with Gasteiger partial charge in [0.25, 0.3) is 0 Å². The fourth-order valence-corrected chi connectivity index (χ4v) is 4.87. The molecule has 3 rings (SSSR count). The number of piperazine rings is 1. The molecule has 2 heterocycles. The van der Waals surface area contributed by atoms with Crippen molar-refractivity contribution in [3.63, 3.8) is 0 Å². The molecule has 1 N–H and O–H groups in total. The number of benzene rings is 1. The van der Waals surface area contributed by atoms with E-state index in [-0.39, 0.29) is 10.9 Å². The van der Waals surface area contributed by atoms with E-state index in [1.807, 2.05) is 13.0 Å². The molecular weight excluding hydrogens is 310 g/mol. The summed E-state index contributed by atoms with van der Waals surface area (Å²) in [5.74, 6) is 0. The molecule has 1 aliphatic heterocycles. The first kappa shape index (κ1) is 14.7. The van der Waals surface area contributed by atoms with E-state index in [0.717, 1.165) is 5.39 Å². The molecule has 0 saturated carbocycles. The highest BCUT2D eigenvalue weighted by molar-refractivity contribution is 7.89. The zero-order valence-corrected chi connectivity index (χ0v) is 13.2. The van der Waals surface area contributed by atoms with Gasteiger partial charge in [0.2, 0.25) is 10.0 Å². The zero-order chi connectivity index (χ0) is 15.0. The van der Waals surface area contributed by atoms with E-state index in [9.17, 15) is 8.42 Å². The van der Waals surface area contributed by atoms with Gasteiger partial charge in [-0.25, -0.2) is 8.42 Å². The van der Waals surface area contributed by atoms with Gasteiger partial charge in [-0.3, -0.25) is 4.98 Å².